The number of sulfonamides is 1. The SMILES string of the molecule is Cn1ccc(C2CCCN(S(=O)(=O)Cc3ccccc3F)C2)n1. The number of hydrogen-bond acceptors (Lipinski definition) is 3. The zero-order valence-electron chi connectivity index (χ0n) is 13.0. The summed E-state index contributed by atoms with van der Waals surface area (Å²) in [7, 11) is -1.69. The van der Waals surface area contributed by atoms with Crippen LogP contribution in [0.15, 0.2) is 36.5 Å². The monoisotopic (exact) mass is 337 g/mol. The Hall–Kier alpha value is -1.73. The Morgan fingerprint density at radius 3 is 2.78 bits per heavy atom. The molecular formula is C16H20FN3O2S. The summed E-state index contributed by atoms with van der Waals surface area (Å²) in [5.74, 6) is -0.677. The van der Waals surface area contributed by atoms with Gasteiger partial charge < -0.3 is 0 Å². The second-order valence-electron chi connectivity index (χ2n) is 5.96. The van der Waals surface area contributed by atoms with Gasteiger partial charge in [0.05, 0.1) is 11.4 Å². The number of piperidine rings is 1. The smallest absolute Gasteiger partial charge is 0.218 e. The summed E-state index contributed by atoms with van der Waals surface area (Å²) in [6.07, 6.45) is 3.57. The highest BCUT2D eigenvalue weighted by atomic mass is 32.2. The van der Waals surface area contributed by atoms with Gasteiger partial charge in [0.15, 0.2) is 0 Å². The molecule has 23 heavy (non-hydrogen) atoms. The zero-order valence-corrected chi connectivity index (χ0v) is 13.8. The lowest BCUT2D eigenvalue weighted by Gasteiger charge is -2.31. The van der Waals surface area contributed by atoms with Gasteiger partial charge in [-0.1, -0.05) is 18.2 Å². The van der Waals surface area contributed by atoms with E-state index in [1.54, 1.807) is 16.8 Å². The number of nitrogens with zero attached hydrogens (tertiary/aromatic N) is 3. The van der Waals surface area contributed by atoms with E-state index in [-0.39, 0.29) is 17.2 Å². The van der Waals surface area contributed by atoms with Gasteiger partial charge in [-0.05, 0) is 25.0 Å². The highest BCUT2D eigenvalue weighted by Gasteiger charge is 2.31. The maximum Gasteiger partial charge on any atom is 0.218 e. The molecule has 7 heteroatoms. The van der Waals surface area contributed by atoms with E-state index in [0.717, 1.165) is 18.5 Å². The zero-order chi connectivity index (χ0) is 16.4. The molecule has 1 aliphatic heterocycles. The quantitative estimate of drug-likeness (QED) is 0.860. The number of halogens is 1. The number of benzene rings is 1. The fraction of sp³-hybridized carbons (Fsp3) is 0.438. The highest BCUT2D eigenvalue weighted by Crippen LogP contribution is 2.28. The van der Waals surface area contributed by atoms with E-state index in [0.29, 0.717) is 13.1 Å². The molecule has 0 saturated carbocycles. The molecule has 0 spiro atoms. The van der Waals surface area contributed by atoms with Crippen LogP contribution in [0.4, 0.5) is 4.39 Å². The summed E-state index contributed by atoms with van der Waals surface area (Å²) < 4.78 is 42.2. The second-order valence-corrected chi connectivity index (χ2v) is 7.93. The first-order valence-corrected chi connectivity index (χ1v) is 9.27. The van der Waals surface area contributed by atoms with Gasteiger partial charge in [0, 0.05) is 37.8 Å². The van der Waals surface area contributed by atoms with E-state index in [9.17, 15) is 12.8 Å². The van der Waals surface area contributed by atoms with Crippen LogP contribution in [0, 0.1) is 5.82 Å². The summed E-state index contributed by atoms with van der Waals surface area (Å²) in [6, 6.07) is 7.95. The van der Waals surface area contributed by atoms with E-state index >= 15 is 0 Å². The van der Waals surface area contributed by atoms with Crippen LogP contribution >= 0.6 is 0 Å². The van der Waals surface area contributed by atoms with Crippen molar-refractivity contribution in [1.29, 1.82) is 0 Å². The molecule has 2 heterocycles. The molecular weight excluding hydrogens is 317 g/mol. The Bertz CT molecular complexity index is 788. The van der Waals surface area contributed by atoms with Gasteiger partial charge in [0.25, 0.3) is 0 Å². The Labute approximate surface area is 135 Å². The van der Waals surface area contributed by atoms with Crippen molar-refractivity contribution in [3.05, 3.63) is 53.6 Å². The minimum Gasteiger partial charge on any atom is -0.276 e. The van der Waals surface area contributed by atoms with Gasteiger partial charge in [-0.25, -0.2) is 17.1 Å². The second kappa shape index (κ2) is 6.41. The fourth-order valence-corrected chi connectivity index (χ4v) is 4.61. The molecule has 1 aliphatic rings. The van der Waals surface area contributed by atoms with Crippen LogP contribution < -0.4 is 0 Å². The molecule has 0 N–H and O–H groups in total. The predicted octanol–water partition coefficient (Wildman–Crippen LogP) is 2.27. The van der Waals surface area contributed by atoms with Crippen LogP contribution in [0.5, 0.6) is 0 Å². The van der Waals surface area contributed by atoms with E-state index in [2.05, 4.69) is 5.10 Å². The van der Waals surface area contributed by atoms with Crippen molar-refractivity contribution >= 4 is 10.0 Å². The lowest BCUT2D eigenvalue weighted by Crippen LogP contribution is -2.39. The standard InChI is InChI=1S/C16H20FN3O2S/c1-19-10-8-16(18-19)13-6-4-9-20(11-13)23(21,22)12-14-5-2-3-7-15(14)17/h2-3,5,7-8,10,13H,4,6,9,11-12H2,1H3. The summed E-state index contributed by atoms with van der Waals surface area (Å²) in [5, 5.41) is 4.38. The number of aryl methyl sites for hydroxylation is 1. The first kappa shape index (κ1) is 16.1. The lowest BCUT2D eigenvalue weighted by molar-refractivity contribution is 0.311. The molecule has 1 aromatic carbocycles. The van der Waals surface area contributed by atoms with Gasteiger partial charge in [-0.3, -0.25) is 4.68 Å². The maximum absolute atomic E-state index is 13.7. The Morgan fingerprint density at radius 2 is 2.09 bits per heavy atom. The van der Waals surface area contributed by atoms with Crippen LogP contribution in [-0.2, 0) is 22.8 Å². The summed E-state index contributed by atoms with van der Waals surface area (Å²) >= 11 is 0. The third-order valence-electron chi connectivity index (χ3n) is 4.23. The molecule has 3 rings (SSSR count). The topological polar surface area (TPSA) is 55.2 Å². The molecule has 1 fully saturated rings. The number of aromatic nitrogens is 2. The molecule has 0 bridgehead atoms. The average Bonchev–Trinajstić information content (AvgIpc) is 2.96. The molecule has 1 saturated heterocycles. The predicted molar refractivity (Wildman–Crippen MR) is 85.8 cm³/mol. The average molecular weight is 337 g/mol. The van der Waals surface area contributed by atoms with Crippen LogP contribution in [0.1, 0.15) is 30.0 Å². The minimum absolute atomic E-state index is 0.0975. The molecule has 0 aliphatic carbocycles. The van der Waals surface area contributed by atoms with E-state index in [1.807, 2.05) is 19.3 Å². The molecule has 0 amide bonds. The first-order valence-electron chi connectivity index (χ1n) is 7.66. The molecule has 2 aromatic rings. The fourth-order valence-electron chi connectivity index (χ4n) is 2.99. The Morgan fingerprint density at radius 1 is 1.30 bits per heavy atom. The van der Waals surface area contributed by atoms with Gasteiger partial charge >= 0.3 is 0 Å². The van der Waals surface area contributed by atoms with E-state index in [4.69, 9.17) is 0 Å². The molecule has 1 atom stereocenters. The molecule has 1 aromatic heterocycles. The molecule has 124 valence electrons. The van der Waals surface area contributed by atoms with Crippen molar-refractivity contribution in [2.45, 2.75) is 24.5 Å². The van der Waals surface area contributed by atoms with Crippen molar-refractivity contribution in [2.75, 3.05) is 13.1 Å². The van der Waals surface area contributed by atoms with Crippen LogP contribution in [-0.4, -0.2) is 35.6 Å². The van der Waals surface area contributed by atoms with Crippen molar-refractivity contribution < 1.29 is 12.8 Å². The summed E-state index contributed by atoms with van der Waals surface area (Å²) in [5.41, 5.74) is 1.13. The number of hydrogen-bond donors (Lipinski definition) is 0. The Balaban J connectivity index is 1.76. The summed E-state index contributed by atoms with van der Waals surface area (Å²) in [4.78, 5) is 0. The van der Waals surface area contributed by atoms with Crippen molar-refractivity contribution in [3.63, 3.8) is 0 Å². The van der Waals surface area contributed by atoms with E-state index < -0.39 is 15.8 Å². The molecule has 1 unspecified atom stereocenters. The van der Waals surface area contributed by atoms with Crippen molar-refractivity contribution in [2.24, 2.45) is 7.05 Å². The molecule has 5 nitrogen and oxygen atoms in total. The lowest BCUT2D eigenvalue weighted by atomic mass is 9.96. The normalized spacial score (nSPS) is 19.8. The van der Waals surface area contributed by atoms with Gasteiger partial charge in [0.2, 0.25) is 10.0 Å². The van der Waals surface area contributed by atoms with Gasteiger partial charge in [-0.15, -0.1) is 0 Å². The van der Waals surface area contributed by atoms with Crippen LogP contribution in [0.3, 0.4) is 0 Å². The van der Waals surface area contributed by atoms with Crippen molar-refractivity contribution in [3.8, 4) is 0 Å². The van der Waals surface area contributed by atoms with Gasteiger partial charge in [0.1, 0.15) is 5.82 Å². The van der Waals surface area contributed by atoms with E-state index in [1.165, 1.54) is 16.4 Å². The third kappa shape index (κ3) is 3.61. The van der Waals surface area contributed by atoms with Crippen LogP contribution in [0.2, 0.25) is 0 Å². The van der Waals surface area contributed by atoms with Crippen molar-refractivity contribution in [1.82, 2.24) is 14.1 Å². The largest absolute Gasteiger partial charge is 0.276 e. The maximum atomic E-state index is 13.7. The number of rotatable bonds is 4. The first-order chi connectivity index (χ1) is 11.0. The minimum atomic E-state index is -3.53. The highest BCUT2D eigenvalue weighted by molar-refractivity contribution is 7.88. The molecule has 0 radical (unpaired) electrons. The van der Waals surface area contributed by atoms with Gasteiger partial charge in [-0.2, -0.15) is 5.10 Å². The third-order valence-corrected chi connectivity index (χ3v) is 6.02. The Kier molecular flexibility index (Phi) is 4.50. The van der Waals surface area contributed by atoms with Crippen LogP contribution in [0.25, 0.3) is 0 Å². The summed E-state index contributed by atoms with van der Waals surface area (Å²) in [6.45, 7) is 0.897.